The fourth-order valence-electron chi connectivity index (χ4n) is 3.85. The van der Waals surface area contributed by atoms with E-state index in [0.29, 0.717) is 30.8 Å². The molecule has 0 fully saturated rings. The van der Waals surface area contributed by atoms with Crippen molar-refractivity contribution in [2.24, 2.45) is 0 Å². The van der Waals surface area contributed by atoms with E-state index in [1.165, 1.54) is 4.31 Å². The maximum Gasteiger partial charge on any atom is 0.242 e. The highest BCUT2D eigenvalue weighted by Gasteiger charge is 2.28. The SMILES string of the molecule is CCCNC(=O)C(CC)N(Cc1cccc(OC)c1)C(=O)CCCN(c1ccccc1)S(C)(=O)=O. The second-order valence-electron chi connectivity index (χ2n) is 8.36. The van der Waals surface area contributed by atoms with E-state index in [0.717, 1.165) is 18.2 Å². The van der Waals surface area contributed by atoms with E-state index in [1.54, 1.807) is 36.3 Å². The van der Waals surface area contributed by atoms with Gasteiger partial charge in [0.15, 0.2) is 0 Å². The number of nitrogens with zero attached hydrogens (tertiary/aromatic N) is 2. The van der Waals surface area contributed by atoms with E-state index in [2.05, 4.69) is 5.32 Å². The van der Waals surface area contributed by atoms with Gasteiger partial charge >= 0.3 is 0 Å². The van der Waals surface area contributed by atoms with Crippen molar-refractivity contribution in [1.29, 1.82) is 0 Å². The molecule has 1 unspecified atom stereocenters. The van der Waals surface area contributed by atoms with Crippen LogP contribution >= 0.6 is 0 Å². The molecule has 192 valence electrons. The maximum atomic E-state index is 13.4. The fraction of sp³-hybridized carbons (Fsp3) is 0.462. The van der Waals surface area contributed by atoms with Gasteiger partial charge in [0.25, 0.3) is 0 Å². The highest BCUT2D eigenvalue weighted by molar-refractivity contribution is 7.92. The fourth-order valence-corrected chi connectivity index (χ4v) is 4.82. The first-order valence-corrected chi connectivity index (χ1v) is 13.8. The highest BCUT2D eigenvalue weighted by Crippen LogP contribution is 2.20. The summed E-state index contributed by atoms with van der Waals surface area (Å²) in [5, 5.41) is 2.90. The number of methoxy groups -OCH3 is 1. The zero-order valence-electron chi connectivity index (χ0n) is 21.1. The van der Waals surface area contributed by atoms with Crippen LogP contribution in [0, 0.1) is 0 Å². The molecule has 2 aromatic rings. The summed E-state index contributed by atoms with van der Waals surface area (Å²) >= 11 is 0. The molecule has 2 rings (SSSR count). The van der Waals surface area contributed by atoms with Crippen LogP contribution in [0.3, 0.4) is 0 Å². The summed E-state index contributed by atoms with van der Waals surface area (Å²) in [5.41, 5.74) is 1.41. The second-order valence-corrected chi connectivity index (χ2v) is 10.3. The molecule has 9 heteroatoms. The Hall–Kier alpha value is -3.07. The Morgan fingerprint density at radius 1 is 1.06 bits per heavy atom. The molecule has 8 nitrogen and oxygen atoms in total. The van der Waals surface area contributed by atoms with E-state index in [4.69, 9.17) is 4.74 Å². The Balaban J connectivity index is 2.20. The normalized spacial score (nSPS) is 12.0. The molecule has 0 saturated heterocycles. The topological polar surface area (TPSA) is 96.0 Å². The lowest BCUT2D eigenvalue weighted by Gasteiger charge is -2.31. The quantitative estimate of drug-likeness (QED) is 0.425. The van der Waals surface area contributed by atoms with Gasteiger partial charge in [-0.05, 0) is 49.1 Å². The summed E-state index contributed by atoms with van der Waals surface area (Å²) in [6, 6.07) is 15.6. The lowest BCUT2D eigenvalue weighted by atomic mass is 10.1. The number of rotatable bonds is 14. The molecule has 0 aliphatic heterocycles. The number of carbonyl (C=O) groups is 2. The number of carbonyl (C=O) groups excluding carboxylic acids is 2. The van der Waals surface area contributed by atoms with Gasteiger partial charge in [-0.25, -0.2) is 8.42 Å². The van der Waals surface area contributed by atoms with Crippen molar-refractivity contribution in [3.05, 3.63) is 60.2 Å². The van der Waals surface area contributed by atoms with E-state index in [1.807, 2.05) is 44.2 Å². The summed E-state index contributed by atoms with van der Waals surface area (Å²) in [7, 11) is -1.93. The Morgan fingerprint density at radius 2 is 1.77 bits per heavy atom. The average molecular weight is 504 g/mol. The van der Waals surface area contributed by atoms with Crippen LogP contribution in [0.4, 0.5) is 5.69 Å². The number of benzene rings is 2. The molecule has 0 aliphatic carbocycles. The van der Waals surface area contributed by atoms with E-state index in [9.17, 15) is 18.0 Å². The number of amides is 2. The number of anilines is 1. The Morgan fingerprint density at radius 3 is 2.37 bits per heavy atom. The van der Waals surface area contributed by atoms with Gasteiger partial charge in [0, 0.05) is 26.1 Å². The second kappa shape index (κ2) is 13.7. The Bertz CT molecular complexity index is 1060. The Labute approximate surface area is 209 Å². The highest BCUT2D eigenvalue weighted by atomic mass is 32.2. The lowest BCUT2D eigenvalue weighted by Crippen LogP contribution is -2.49. The molecular weight excluding hydrogens is 466 g/mol. The third kappa shape index (κ3) is 8.58. The van der Waals surface area contributed by atoms with Gasteiger partial charge < -0.3 is 15.0 Å². The first kappa shape index (κ1) is 28.2. The molecule has 0 aliphatic rings. The van der Waals surface area contributed by atoms with E-state index < -0.39 is 16.1 Å². The van der Waals surface area contributed by atoms with Crippen LogP contribution in [0.2, 0.25) is 0 Å². The molecular formula is C26H37N3O5S. The van der Waals surface area contributed by atoms with Gasteiger partial charge in [0.1, 0.15) is 11.8 Å². The summed E-state index contributed by atoms with van der Waals surface area (Å²) in [4.78, 5) is 27.9. The van der Waals surface area contributed by atoms with Crippen LogP contribution in [0.25, 0.3) is 0 Å². The summed E-state index contributed by atoms with van der Waals surface area (Å²) in [6.45, 7) is 4.81. The summed E-state index contributed by atoms with van der Waals surface area (Å²) in [6.07, 6.45) is 2.85. The number of para-hydroxylation sites is 1. The molecule has 2 aromatic carbocycles. The van der Waals surface area contributed by atoms with Crippen molar-refractivity contribution in [3.8, 4) is 5.75 Å². The first-order chi connectivity index (χ1) is 16.7. The van der Waals surface area contributed by atoms with Crippen LogP contribution in [-0.2, 0) is 26.2 Å². The van der Waals surface area contributed by atoms with Crippen LogP contribution in [0.5, 0.6) is 5.75 Å². The van der Waals surface area contributed by atoms with Gasteiger partial charge in [-0.15, -0.1) is 0 Å². The number of hydrogen-bond donors (Lipinski definition) is 1. The molecule has 0 saturated carbocycles. The molecule has 0 spiro atoms. The molecule has 0 heterocycles. The Kier molecular flexibility index (Phi) is 11.0. The molecule has 0 bridgehead atoms. The molecule has 0 aromatic heterocycles. The van der Waals surface area contributed by atoms with Crippen molar-refractivity contribution < 1.29 is 22.7 Å². The summed E-state index contributed by atoms with van der Waals surface area (Å²) in [5.74, 6) is 0.283. The van der Waals surface area contributed by atoms with Crippen LogP contribution in [0.1, 0.15) is 45.1 Å². The molecule has 1 atom stereocenters. The van der Waals surface area contributed by atoms with E-state index >= 15 is 0 Å². The van der Waals surface area contributed by atoms with Crippen molar-refractivity contribution in [1.82, 2.24) is 10.2 Å². The molecule has 35 heavy (non-hydrogen) atoms. The zero-order valence-corrected chi connectivity index (χ0v) is 21.9. The molecule has 1 N–H and O–H groups in total. The van der Waals surface area contributed by atoms with Crippen molar-refractivity contribution >= 4 is 27.5 Å². The number of sulfonamides is 1. The van der Waals surface area contributed by atoms with Crippen molar-refractivity contribution in [2.45, 2.75) is 52.1 Å². The van der Waals surface area contributed by atoms with Crippen molar-refractivity contribution in [3.63, 3.8) is 0 Å². The van der Waals surface area contributed by atoms with Gasteiger partial charge in [0.2, 0.25) is 21.8 Å². The number of ether oxygens (including phenoxy) is 1. The lowest BCUT2D eigenvalue weighted by molar-refractivity contribution is -0.141. The minimum absolute atomic E-state index is 0.111. The zero-order chi connectivity index (χ0) is 25.8. The minimum atomic E-state index is -3.51. The minimum Gasteiger partial charge on any atom is -0.497 e. The van der Waals surface area contributed by atoms with Gasteiger partial charge in [0.05, 0.1) is 19.1 Å². The predicted molar refractivity (Wildman–Crippen MR) is 139 cm³/mol. The largest absolute Gasteiger partial charge is 0.497 e. The third-order valence-corrected chi connectivity index (χ3v) is 6.81. The smallest absolute Gasteiger partial charge is 0.242 e. The van der Waals surface area contributed by atoms with E-state index in [-0.39, 0.29) is 31.3 Å². The summed E-state index contributed by atoms with van der Waals surface area (Å²) < 4.78 is 31.3. The number of nitrogens with one attached hydrogen (secondary N) is 1. The van der Waals surface area contributed by atoms with Crippen LogP contribution in [0.15, 0.2) is 54.6 Å². The first-order valence-electron chi connectivity index (χ1n) is 11.9. The maximum absolute atomic E-state index is 13.4. The van der Waals surface area contributed by atoms with Crippen LogP contribution in [-0.4, -0.2) is 57.6 Å². The average Bonchev–Trinajstić information content (AvgIpc) is 2.84. The number of hydrogen-bond acceptors (Lipinski definition) is 5. The van der Waals surface area contributed by atoms with Crippen LogP contribution < -0.4 is 14.4 Å². The van der Waals surface area contributed by atoms with Gasteiger partial charge in [-0.3, -0.25) is 13.9 Å². The monoisotopic (exact) mass is 503 g/mol. The van der Waals surface area contributed by atoms with Gasteiger partial charge in [-0.1, -0.05) is 44.2 Å². The molecule has 2 amide bonds. The standard InChI is InChI=1S/C26H37N3O5S/c1-5-17-27-26(31)24(6-2)28(20-21-12-10-15-23(19-21)34-3)25(30)16-11-18-29(35(4,32)33)22-13-8-7-9-14-22/h7-10,12-15,19,24H,5-6,11,16-18,20H2,1-4H3,(H,27,31). The van der Waals surface area contributed by atoms with Crippen molar-refractivity contribution in [2.75, 3.05) is 30.8 Å². The third-order valence-electron chi connectivity index (χ3n) is 5.62. The predicted octanol–water partition coefficient (Wildman–Crippen LogP) is 3.58. The van der Waals surface area contributed by atoms with Gasteiger partial charge in [-0.2, -0.15) is 0 Å². The molecule has 0 radical (unpaired) electrons.